The van der Waals surface area contributed by atoms with E-state index in [1.165, 1.54) is 0 Å². The van der Waals surface area contributed by atoms with Gasteiger partial charge in [0.05, 0.1) is 13.0 Å². The van der Waals surface area contributed by atoms with E-state index < -0.39 is 12.0 Å². The number of amides is 2. The van der Waals surface area contributed by atoms with Gasteiger partial charge in [0.15, 0.2) is 5.11 Å². The first-order chi connectivity index (χ1) is 13.3. The van der Waals surface area contributed by atoms with Gasteiger partial charge in [0.1, 0.15) is 6.04 Å². The van der Waals surface area contributed by atoms with Gasteiger partial charge in [-0.05, 0) is 43.3 Å². The summed E-state index contributed by atoms with van der Waals surface area (Å²) in [7, 11) is 0. The van der Waals surface area contributed by atoms with Crippen LogP contribution >= 0.6 is 28.1 Å². The van der Waals surface area contributed by atoms with E-state index in [0.29, 0.717) is 25.3 Å². The molecule has 0 radical (unpaired) electrons. The van der Waals surface area contributed by atoms with Crippen LogP contribution in [0.4, 0.5) is 0 Å². The first-order valence-electron chi connectivity index (χ1n) is 9.15. The summed E-state index contributed by atoms with van der Waals surface area (Å²) in [6, 6.07) is 4.42. The van der Waals surface area contributed by atoms with E-state index in [-0.39, 0.29) is 23.3 Å². The number of aryl methyl sites for hydroxylation is 1. The Hall–Kier alpha value is -2.00. The van der Waals surface area contributed by atoms with Gasteiger partial charge in [-0.1, -0.05) is 35.3 Å². The number of piperazine rings is 1. The van der Waals surface area contributed by atoms with Gasteiger partial charge < -0.3 is 15.0 Å². The van der Waals surface area contributed by atoms with Crippen LogP contribution < -0.4 is 10.6 Å². The van der Waals surface area contributed by atoms with E-state index >= 15 is 0 Å². The zero-order valence-corrected chi connectivity index (χ0v) is 18.3. The quantitative estimate of drug-likeness (QED) is 0.377. The Labute approximate surface area is 178 Å². The number of hydrogen-bond acceptors (Lipinski definition) is 5. The number of unbranched alkanes of at least 4 members (excludes halogenated alkanes) is 1. The lowest BCUT2D eigenvalue weighted by molar-refractivity contribution is -0.147. The first-order valence-corrected chi connectivity index (χ1v) is 10.3. The summed E-state index contributed by atoms with van der Waals surface area (Å²) in [5.41, 5.74) is 1.45. The number of benzene rings is 1. The highest BCUT2D eigenvalue weighted by atomic mass is 79.9. The van der Waals surface area contributed by atoms with Gasteiger partial charge in [-0.15, -0.1) is 0 Å². The van der Waals surface area contributed by atoms with Gasteiger partial charge in [0.25, 0.3) is 5.91 Å². The van der Waals surface area contributed by atoms with Crippen LogP contribution in [0, 0.1) is 6.92 Å². The van der Waals surface area contributed by atoms with Gasteiger partial charge in [-0.3, -0.25) is 19.7 Å². The second-order valence-electron chi connectivity index (χ2n) is 6.50. The Bertz CT molecular complexity index is 772. The topological polar surface area (TPSA) is 87.7 Å². The molecule has 9 heteroatoms. The average molecular weight is 470 g/mol. The number of nitrogens with zero attached hydrogens (tertiary/aromatic N) is 1. The number of ether oxygens (including phenoxy) is 1. The Morgan fingerprint density at radius 3 is 2.86 bits per heavy atom. The SMILES string of the molecule is CCCCOC(=O)CC1C(=O)NCCN1C(=S)NC(=O)c1ccc(C)c(Br)c1. The third-order valence-electron chi connectivity index (χ3n) is 4.37. The third-order valence-corrected chi connectivity index (χ3v) is 5.56. The predicted molar refractivity (Wildman–Crippen MR) is 113 cm³/mol. The summed E-state index contributed by atoms with van der Waals surface area (Å²) in [5.74, 6) is -1.15. The molecule has 28 heavy (non-hydrogen) atoms. The molecule has 2 amide bonds. The van der Waals surface area contributed by atoms with Crippen molar-refractivity contribution in [3.8, 4) is 0 Å². The smallest absolute Gasteiger partial charge is 0.308 e. The minimum absolute atomic E-state index is 0.114. The molecule has 1 aliphatic heterocycles. The number of carbonyl (C=O) groups is 3. The van der Waals surface area contributed by atoms with E-state index in [1.54, 1.807) is 17.0 Å². The fraction of sp³-hybridized carbons (Fsp3) is 0.474. The minimum Gasteiger partial charge on any atom is -0.466 e. The van der Waals surface area contributed by atoms with Gasteiger partial charge in [0.2, 0.25) is 5.91 Å². The van der Waals surface area contributed by atoms with Crippen LogP contribution in [-0.2, 0) is 14.3 Å². The second kappa shape index (κ2) is 10.5. The molecule has 1 aromatic carbocycles. The predicted octanol–water partition coefficient (Wildman–Crippen LogP) is 2.31. The molecule has 1 saturated heterocycles. The monoisotopic (exact) mass is 469 g/mol. The molecule has 0 saturated carbocycles. The summed E-state index contributed by atoms with van der Waals surface area (Å²) in [4.78, 5) is 38.4. The van der Waals surface area contributed by atoms with Crippen molar-refractivity contribution in [1.29, 1.82) is 0 Å². The van der Waals surface area contributed by atoms with Crippen molar-refractivity contribution in [2.45, 2.75) is 39.2 Å². The number of rotatable bonds is 6. The Kier molecular flexibility index (Phi) is 8.37. The Balaban J connectivity index is 2.03. The molecule has 1 heterocycles. The lowest BCUT2D eigenvalue weighted by atomic mass is 10.1. The molecule has 1 atom stereocenters. The number of carbonyl (C=O) groups excluding carboxylic acids is 3. The number of thiocarbonyl (C=S) groups is 1. The number of halogens is 1. The maximum atomic E-state index is 12.5. The Morgan fingerprint density at radius 1 is 1.43 bits per heavy atom. The molecule has 1 unspecified atom stereocenters. The molecule has 1 aromatic rings. The summed E-state index contributed by atoms with van der Waals surface area (Å²) in [6.07, 6.45) is 1.56. The molecule has 0 bridgehead atoms. The molecule has 2 N–H and O–H groups in total. The van der Waals surface area contributed by atoms with Crippen LogP contribution in [0.25, 0.3) is 0 Å². The van der Waals surface area contributed by atoms with Gasteiger partial charge in [0, 0.05) is 23.1 Å². The molecule has 1 aliphatic rings. The summed E-state index contributed by atoms with van der Waals surface area (Å²) >= 11 is 8.75. The molecule has 152 valence electrons. The fourth-order valence-electron chi connectivity index (χ4n) is 2.68. The molecule has 0 aromatic heterocycles. The van der Waals surface area contributed by atoms with E-state index in [0.717, 1.165) is 22.9 Å². The van der Waals surface area contributed by atoms with Crippen molar-refractivity contribution >= 4 is 51.0 Å². The normalized spacial score (nSPS) is 16.3. The second-order valence-corrected chi connectivity index (χ2v) is 7.74. The molecular weight excluding hydrogens is 446 g/mol. The summed E-state index contributed by atoms with van der Waals surface area (Å²) < 4.78 is 5.97. The van der Waals surface area contributed by atoms with Crippen molar-refractivity contribution in [3.05, 3.63) is 33.8 Å². The summed E-state index contributed by atoms with van der Waals surface area (Å²) in [6.45, 7) is 5.03. The van der Waals surface area contributed by atoms with Gasteiger partial charge >= 0.3 is 5.97 Å². The lowest BCUT2D eigenvalue weighted by Crippen LogP contribution is -2.60. The number of nitrogens with one attached hydrogen (secondary N) is 2. The van der Waals surface area contributed by atoms with Crippen molar-refractivity contribution in [3.63, 3.8) is 0 Å². The third kappa shape index (κ3) is 6.00. The van der Waals surface area contributed by atoms with Crippen LogP contribution in [0.2, 0.25) is 0 Å². The number of esters is 1. The van der Waals surface area contributed by atoms with Crippen LogP contribution in [0.15, 0.2) is 22.7 Å². The highest BCUT2D eigenvalue weighted by Crippen LogP contribution is 2.18. The molecule has 0 spiro atoms. The van der Waals surface area contributed by atoms with Gasteiger partial charge in [-0.2, -0.15) is 0 Å². The molecular formula is C19H24BrN3O4S. The van der Waals surface area contributed by atoms with Crippen LogP contribution in [0.3, 0.4) is 0 Å². The van der Waals surface area contributed by atoms with Crippen molar-refractivity contribution in [2.75, 3.05) is 19.7 Å². The maximum absolute atomic E-state index is 12.5. The van der Waals surface area contributed by atoms with Crippen LogP contribution in [0.5, 0.6) is 0 Å². The molecule has 7 nitrogen and oxygen atoms in total. The van der Waals surface area contributed by atoms with E-state index in [4.69, 9.17) is 17.0 Å². The van der Waals surface area contributed by atoms with Crippen LogP contribution in [0.1, 0.15) is 42.1 Å². The molecule has 2 rings (SSSR count). The Morgan fingerprint density at radius 2 is 2.18 bits per heavy atom. The molecule has 1 fully saturated rings. The first kappa shape index (κ1) is 22.3. The fourth-order valence-corrected chi connectivity index (χ4v) is 3.37. The van der Waals surface area contributed by atoms with Gasteiger partial charge in [-0.25, -0.2) is 0 Å². The van der Waals surface area contributed by atoms with E-state index in [1.807, 2.05) is 19.9 Å². The zero-order chi connectivity index (χ0) is 20.7. The van der Waals surface area contributed by atoms with E-state index in [2.05, 4.69) is 26.6 Å². The highest BCUT2D eigenvalue weighted by molar-refractivity contribution is 9.10. The lowest BCUT2D eigenvalue weighted by Gasteiger charge is -2.36. The highest BCUT2D eigenvalue weighted by Gasteiger charge is 2.34. The molecule has 0 aliphatic carbocycles. The summed E-state index contributed by atoms with van der Waals surface area (Å²) in [5, 5.41) is 5.49. The van der Waals surface area contributed by atoms with Crippen molar-refractivity contribution < 1.29 is 19.1 Å². The van der Waals surface area contributed by atoms with E-state index in [9.17, 15) is 14.4 Å². The zero-order valence-electron chi connectivity index (χ0n) is 15.9. The standard InChI is InChI=1S/C19H24BrN3O4S/c1-3-4-9-27-16(24)11-15-18(26)21-7-8-23(15)19(28)22-17(25)13-6-5-12(2)14(20)10-13/h5-6,10,15H,3-4,7-9,11H2,1-2H3,(H,21,26)(H,22,25,28). The van der Waals surface area contributed by atoms with Crippen LogP contribution in [-0.4, -0.2) is 53.5 Å². The average Bonchev–Trinajstić information content (AvgIpc) is 2.65. The van der Waals surface area contributed by atoms with Crippen molar-refractivity contribution in [1.82, 2.24) is 15.5 Å². The minimum atomic E-state index is -0.805. The number of hydrogen-bond donors (Lipinski definition) is 2. The van der Waals surface area contributed by atoms with Crippen molar-refractivity contribution in [2.24, 2.45) is 0 Å². The maximum Gasteiger partial charge on any atom is 0.308 e. The largest absolute Gasteiger partial charge is 0.466 e.